The molecule has 0 atom stereocenters. The normalized spacial score (nSPS) is 10.7. The van der Waals surface area contributed by atoms with Gasteiger partial charge in [0.1, 0.15) is 5.82 Å². The van der Waals surface area contributed by atoms with Crippen molar-refractivity contribution in [2.75, 3.05) is 40.3 Å². The van der Waals surface area contributed by atoms with Crippen LogP contribution in [-0.4, -0.2) is 41.3 Å². The van der Waals surface area contributed by atoms with Gasteiger partial charge in [0.15, 0.2) is 17.5 Å². The fourth-order valence-corrected chi connectivity index (χ4v) is 2.61. The molecule has 0 aliphatic heterocycles. The molecule has 0 unspecified atom stereocenters. The number of nitrogens with one attached hydrogen (secondary N) is 2. The van der Waals surface area contributed by atoms with Gasteiger partial charge in [-0.05, 0) is 35.4 Å². The Bertz CT molecular complexity index is 800. The molecular formula is C20H28FIN4O2. The SMILES string of the molecule is CN=C(NCc1ccc(N(C)C)c(F)c1)NCc1ccc(OC)c(OC)c1.I. The number of ether oxygens (including phenoxy) is 2. The molecule has 8 heteroatoms. The molecule has 0 heterocycles. The van der Waals surface area contributed by atoms with Crippen molar-refractivity contribution in [3.05, 3.63) is 53.3 Å². The van der Waals surface area contributed by atoms with Gasteiger partial charge in [-0.1, -0.05) is 12.1 Å². The number of hydrogen-bond donors (Lipinski definition) is 2. The minimum Gasteiger partial charge on any atom is -0.493 e. The lowest BCUT2D eigenvalue weighted by molar-refractivity contribution is 0.354. The summed E-state index contributed by atoms with van der Waals surface area (Å²) in [4.78, 5) is 5.95. The van der Waals surface area contributed by atoms with E-state index in [1.165, 1.54) is 6.07 Å². The molecule has 6 nitrogen and oxygen atoms in total. The summed E-state index contributed by atoms with van der Waals surface area (Å²) in [6.45, 7) is 1.03. The number of hydrogen-bond acceptors (Lipinski definition) is 4. The molecule has 0 aliphatic carbocycles. The van der Waals surface area contributed by atoms with Crippen LogP contribution in [0.25, 0.3) is 0 Å². The molecule has 0 bridgehead atoms. The number of methoxy groups -OCH3 is 2. The Morgan fingerprint density at radius 1 is 0.964 bits per heavy atom. The van der Waals surface area contributed by atoms with Crippen molar-refractivity contribution in [2.45, 2.75) is 13.1 Å². The maximum Gasteiger partial charge on any atom is 0.191 e. The second-order valence-corrected chi connectivity index (χ2v) is 6.15. The molecule has 0 spiro atoms. The van der Waals surface area contributed by atoms with E-state index in [2.05, 4.69) is 15.6 Å². The zero-order valence-corrected chi connectivity index (χ0v) is 19.2. The van der Waals surface area contributed by atoms with Crippen LogP contribution in [0.3, 0.4) is 0 Å². The van der Waals surface area contributed by atoms with Crippen LogP contribution in [0.4, 0.5) is 10.1 Å². The van der Waals surface area contributed by atoms with Crippen LogP contribution in [0.1, 0.15) is 11.1 Å². The van der Waals surface area contributed by atoms with E-state index in [1.54, 1.807) is 32.2 Å². The Morgan fingerprint density at radius 3 is 2.04 bits per heavy atom. The summed E-state index contributed by atoms with van der Waals surface area (Å²) < 4.78 is 24.6. The van der Waals surface area contributed by atoms with Crippen LogP contribution < -0.4 is 25.0 Å². The molecule has 0 amide bonds. The van der Waals surface area contributed by atoms with Crippen LogP contribution in [0.15, 0.2) is 41.4 Å². The molecule has 2 N–H and O–H groups in total. The lowest BCUT2D eigenvalue weighted by Gasteiger charge is -2.16. The Kier molecular flexibility index (Phi) is 9.84. The predicted octanol–water partition coefficient (Wildman–Crippen LogP) is 3.39. The first kappa shape index (κ1) is 23.8. The summed E-state index contributed by atoms with van der Waals surface area (Å²) in [5.74, 6) is 1.75. The Morgan fingerprint density at radius 2 is 1.54 bits per heavy atom. The number of nitrogens with zero attached hydrogens (tertiary/aromatic N) is 2. The van der Waals surface area contributed by atoms with Crippen molar-refractivity contribution in [1.82, 2.24) is 10.6 Å². The fourth-order valence-electron chi connectivity index (χ4n) is 2.61. The van der Waals surface area contributed by atoms with Crippen molar-refractivity contribution in [1.29, 1.82) is 0 Å². The lowest BCUT2D eigenvalue weighted by Crippen LogP contribution is -2.36. The van der Waals surface area contributed by atoms with Crippen LogP contribution in [0.2, 0.25) is 0 Å². The Hall–Kier alpha value is -2.23. The summed E-state index contributed by atoms with van der Waals surface area (Å²) in [6.07, 6.45) is 0. The largest absolute Gasteiger partial charge is 0.493 e. The van der Waals surface area contributed by atoms with E-state index in [9.17, 15) is 4.39 Å². The van der Waals surface area contributed by atoms with Gasteiger partial charge in [0, 0.05) is 34.2 Å². The molecule has 0 fully saturated rings. The molecule has 2 rings (SSSR count). The minimum atomic E-state index is -0.243. The highest BCUT2D eigenvalue weighted by Gasteiger charge is 2.07. The van der Waals surface area contributed by atoms with Gasteiger partial charge in [-0.15, -0.1) is 24.0 Å². The third-order valence-corrected chi connectivity index (χ3v) is 4.09. The van der Waals surface area contributed by atoms with E-state index in [0.29, 0.717) is 36.2 Å². The van der Waals surface area contributed by atoms with Gasteiger partial charge in [0.25, 0.3) is 0 Å². The second-order valence-electron chi connectivity index (χ2n) is 6.15. The fraction of sp³-hybridized carbons (Fsp3) is 0.350. The Balaban J connectivity index is 0.00000392. The summed E-state index contributed by atoms with van der Waals surface area (Å²) in [7, 11) is 8.54. The van der Waals surface area contributed by atoms with Crippen LogP contribution in [-0.2, 0) is 13.1 Å². The topological polar surface area (TPSA) is 58.1 Å². The maximum absolute atomic E-state index is 14.1. The summed E-state index contributed by atoms with van der Waals surface area (Å²) in [5, 5.41) is 6.42. The first-order valence-electron chi connectivity index (χ1n) is 8.59. The zero-order valence-electron chi connectivity index (χ0n) is 16.9. The van der Waals surface area contributed by atoms with E-state index >= 15 is 0 Å². The number of halogens is 2. The van der Waals surface area contributed by atoms with Crippen LogP contribution >= 0.6 is 24.0 Å². The number of guanidine groups is 1. The van der Waals surface area contributed by atoms with Gasteiger partial charge >= 0.3 is 0 Å². The molecule has 0 aliphatic rings. The summed E-state index contributed by atoms with van der Waals surface area (Å²) >= 11 is 0. The van der Waals surface area contributed by atoms with Crippen molar-refractivity contribution in [2.24, 2.45) is 4.99 Å². The summed E-state index contributed by atoms with van der Waals surface area (Å²) in [6, 6.07) is 10.9. The van der Waals surface area contributed by atoms with Crippen molar-refractivity contribution in [3.63, 3.8) is 0 Å². The van der Waals surface area contributed by atoms with E-state index in [1.807, 2.05) is 38.4 Å². The van der Waals surface area contributed by atoms with Crippen molar-refractivity contribution in [3.8, 4) is 11.5 Å². The quantitative estimate of drug-likeness (QED) is 0.346. The van der Waals surface area contributed by atoms with E-state index < -0.39 is 0 Å². The molecule has 0 saturated carbocycles. The van der Waals surface area contributed by atoms with Gasteiger partial charge in [0.2, 0.25) is 0 Å². The van der Waals surface area contributed by atoms with Crippen molar-refractivity contribution < 1.29 is 13.9 Å². The average Bonchev–Trinajstić information content (AvgIpc) is 2.67. The second kappa shape index (κ2) is 11.6. The summed E-state index contributed by atoms with van der Waals surface area (Å²) in [5.41, 5.74) is 2.43. The number of anilines is 1. The van der Waals surface area contributed by atoms with Crippen LogP contribution in [0, 0.1) is 5.82 Å². The monoisotopic (exact) mass is 502 g/mol. The highest BCUT2D eigenvalue weighted by molar-refractivity contribution is 14.0. The third-order valence-electron chi connectivity index (χ3n) is 4.09. The minimum absolute atomic E-state index is 0. The Labute approximate surface area is 183 Å². The predicted molar refractivity (Wildman–Crippen MR) is 123 cm³/mol. The molecule has 2 aromatic rings. The van der Waals surface area contributed by atoms with E-state index in [4.69, 9.17) is 9.47 Å². The molecule has 154 valence electrons. The van der Waals surface area contributed by atoms with Gasteiger partial charge < -0.3 is 25.0 Å². The molecular weight excluding hydrogens is 474 g/mol. The molecule has 0 radical (unpaired) electrons. The lowest BCUT2D eigenvalue weighted by atomic mass is 10.2. The number of rotatable bonds is 7. The number of benzene rings is 2. The number of aliphatic imine (C=N–C) groups is 1. The molecule has 28 heavy (non-hydrogen) atoms. The van der Waals surface area contributed by atoms with Gasteiger partial charge in [-0.2, -0.15) is 0 Å². The molecule has 0 saturated heterocycles. The van der Waals surface area contributed by atoms with E-state index in [0.717, 1.165) is 11.1 Å². The third kappa shape index (κ3) is 6.43. The average molecular weight is 502 g/mol. The van der Waals surface area contributed by atoms with E-state index in [-0.39, 0.29) is 29.8 Å². The van der Waals surface area contributed by atoms with Crippen molar-refractivity contribution >= 4 is 35.6 Å². The highest BCUT2D eigenvalue weighted by atomic mass is 127. The standard InChI is InChI=1S/C20H27FN4O2.HI/c1-22-20(23-12-14-6-8-17(25(2)3)16(21)10-14)24-13-15-7-9-18(26-4)19(11-15)27-5;/h6-11H,12-13H2,1-5H3,(H2,22,23,24);1H. The molecule has 2 aromatic carbocycles. The first-order chi connectivity index (χ1) is 13.0. The first-order valence-corrected chi connectivity index (χ1v) is 8.59. The zero-order chi connectivity index (χ0) is 19.8. The van der Waals surface area contributed by atoms with Gasteiger partial charge in [0.05, 0.1) is 19.9 Å². The smallest absolute Gasteiger partial charge is 0.191 e. The van der Waals surface area contributed by atoms with Crippen LogP contribution in [0.5, 0.6) is 11.5 Å². The maximum atomic E-state index is 14.1. The van der Waals surface area contributed by atoms with Gasteiger partial charge in [-0.25, -0.2) is 4.39 Å². The molecule has 0 aromatic heterocycles. The van der Waals surface area contributed by atoms with Gasteiger partial charge in [-0.3, -0.25) is 4.99 Å². The highest BCUT2D eigenvalue weighted by Crippen LogP contribution is 2.27.